The second-order valence-electron chi connectivity index (χ2n) is 21.1. The van der Waals surface area contributed by atoms with Crippen LogP contribution in [-0.4, -0.2) is 187 Å². The van der Waals surface area contributed by atoms with Crippen LogP contribution in [0.3, 0.4) is 0 Å². The number of hydrogen-bond acceptors (Lipinski definition) is 9. The highest BCUT2D eigenvalue weighted by atomic mass is 35.5. The van der Waals surface area contributed by atoms with Crippen LogP contribution in [0.15, 0.2) is 18.2 Å². The zero-order chi connectivity index (χ0) is 54.1. The number of hydrogen-bond donors (Lipinski definition) is 3. The smallest absolute Gasteiger partial charge is 0.379 e. The number of halogens is 7. The molecule has 8 atom stereocenters. The first kappa shape index (κ1) is 58.9. The molecule has 16 nitrogen and oxygen atoms in total. The number of morpholine rings is 1. The molecule has 7 amide bonds. The van der Waals surface area contributed by atoms with Gasteiger partial charge in [0.25, 0.3) is 0 Å². The Bertz CT molecular complexity index is 2170. The third-order valence-electron chi connectivity index (χ3n) is 15.4. The van der Waals surface area contributed by atoms with Gasteiger partial charge in [0.05, 0.1) is 26.3 Å². The first-order chi connectivity index (χ1) is 35.0. The number of alkyl halides is 5. The number of likely N-dealkylation sites (N-methyl/N-ethyl adjacent to an activating group) is 2. The summed E-state index contributed by atoms with van der Waals surface area (Å²) in [6, 6.07) is -3.55. The fourth-order valence-corrected chi connectivity index (χ4v) is 11.5. The number of unbranched alkanes of at least 4 members (excludes halogenated alkanes) is 1. The lowest BCUT2D eigenvalue weighted by atomic mass is 9.72. The van der Waals surface area contributed by atoms with E-state index in [-0.39, 0.29) is 75.3 Å². The molecule has 0 spiro atoms. The topological polar surface area (TPSA) is 181 Å². The molecule has 1 aromatic rings. The molecular formula is C51H73Cl2F5N8O8. The Morgan fingerprint density at radius 3 is 2.28 bits per heavy atom. The van der Waals surface area contributed by atoms with E-state index in [1.807, 2.05) is 13.8 Å². The van der Waals surface area contributed by atoms with Crippen molar-refractivity contribution in [3.05, 3.63) is 33.8 Å². The highest BCUT2D eigenvalue weighted by molar-refractivity contribution is 6.33. The van der Waals surface area contributed by atoms with Crippen LogP contribution in [0.5, 0.6) is 0 Å². The van der Waals surface area contributed by atoms with Crippen LogP contribution in [0.4, 0.5) is 22.0 Å². The number of rotatable bonds is 14. The van der Waals surface area contributed by atoms with Crippen LogP contribution in [0, 0.1) is 11.3 Å². The maximum absolute atomic E-state index is 15.3. The monoisotopic (exact) mass is 1090 g/mol. The molecule has 74 heavy (non-hydrogen) atoms. The lowest BCUT2D eigenvalue weighted by molar-refractivity contribution is -0.236. The van der Waals surface area contributed by atoms with Crippen molar-refractivity contribution in [2.24, 2.45) is 11.3 Å². The lowest BCUT2D eigenvalue weighted by Gasteiger charge is -2.41. The maximum Gasteiger partial charge on any atom is 0.403 e. The zero-order valence-electron chi connectivity index (χ0n) is 42.8. The van der Waals surface area contributed by atoms with E-state index in [4.69, 9.17) is 27.9 Å². The molecule has 3 N–H and O–H groups in total. The van der Waals surface area contributed by atoms with Gasteiger partial charge in [0.2, 0.25) is 41.4 Å². The summed E-state index contributed by atoms with van der Waals surface area (Å²) in [5.74, 6) is -6.10. The largest absolute Gasteiger partial charge is 0.403 e. The summed E-state index contributed by atoms with van der Waals surface area (Å²) in [6.07, 6.45) is -8.04. The van der Waals surface area contributed by atoms with Gasteiger partial charge < -0.3 is 40.3 Å². The quantitative estimate of drug-likeness (QED) is 0.163. The molecule has 0 bridgehead atoms. The third-order valence-corrected chi connectivity index (χ3v) is 16.0. The van der Waals surface area contributed by atoms with Crippen molar-refractivity contribution in [3.63, 3.8) is 0 Å². The van der Waals surface area contributed by atoms with Gasteiger partial charge in [-0.3, -0.25) is 38.5 Å². The number of likely N-dealkylation sites (tertiary alicyclic amines) is 1. The Labute approximate surface area is 440 Å². The summed E-state index contributed by atoms with van der Waals surface area (Å²) in [5, 5.41) is 8.83. The highest BCUT2D eigenvalue weighted by Gasteiger charge is 2.63. The van der Waals surface area contributed by atoms with Crippen molar-refractivity contribution >= 4 is 64.6 Å². The van der Waals surface area contributed by atoms with Crippen LogP contribution < -0.4 is 16.0 Å². The summed E-state index contributed by atoms with van der Waals surface area (Å²) in [4.78, 5) is 107. The second kappa shape index (κ2) is 26.1. The minimum absolute atomic E-state index is 0.00900. The van der Waals surface area contributed by atoms with Crippen LogP contribution in [0.25, 0.3) is 0 Å². The summed E-state index contributed by atoms with van der Waals surface area (Å²) < 4.78 is 80.3. The number of carbonyl (C=O) groups is 7. The molecule has 0 aromatic heterocycles. The molecule has 4 aliphatic heterocycles. The van der Waals surface area contributed by atoms with E-state index in [9.17, 15) is 46.7 Å². The molecule has 4 heterocycles. The molecular weight excluding hydrogens is 1020 g/mol. The van der Waals surface area contributed by atoms with Crippen molar-refractivity contribution in [1.29, 1.82) is 0 Å². The number of nitrogens with one attached hydrogen (secondary N) is 3. The van der Waals surface area contributed by atoms with Crippen LogP contribution in [0.1, 0.15) is 109 Å². The molecule has 6 rings (SSSR count). The van der Waals surface area contributed by atoms with Gasteiger partial charge in [-0.15, -0.1) is 0 Å². The fraction of sp³-hybridized carbons (Fsp3) is 0.745. The Morgan fingerprint density at radius 1 is 0.919 bits per heavy atom. The van der Waals surface area contributed by atoms with Gasteiger partial charge in [-0.25, -0.2) is 8.78 Å². The predicted octanol–water partition coefficient (Wildman–Crippen LogP) is 5.40. The number of amides is 7. The van der Waals surface area contributed by atoms with Gasteiger partial charge in [-0.2, -0.15) is 13.2 Å². The molecule has 4 saturated heterocycles. The van der Waals surface area contributed by atoms with Crippen molar-refractivity contribution in [2.75, 3.05) is 66.6 Å². The first-order valence-electron chi connectivity index (χ1n) is 26.1. The molecule has 414 valence electrons. The van der Waals surface area contributed by atoms with Gasteiger partial charge >= 0.3 is 6.18 Å². The summed E-state index contributed by atoms with van der Waals surface area (Å²) in [7, 11) is 2.72. The van der Waals surface area contributed by atoms with Gasteiger partial charge in [0.1, 0.15) is 54.0 Å². The first-order valence-corrected chi connectivity index (χ1v) is 26.9. The number of ether oxygens (including phenoxy) is 1. The van der Waals surface area contributed by atoms with E-state index in [0.29, 0.717) is 67.6 Å². The van der Waals surface area contributed by atoms with E-state index < -0.39 is 134 Å². The molecule has 0 unspecified atom stereocenters. The molecule has 1 saturated carbocycles. The minimum atomic E-state index is -4.95. The third kappa shape index (κ3) is 14.4. The standard InChI is InChI=1S/C51H73Cl2F5N8O8/c1-31(2)24-38-47(71)63(4)42(26-32-25-33(52)14-15-36(32)53)48(72)65-29-34(54)27-40(65)43(67)59-18-10-6-13-39(44(68)61-38)62(3)46(70)37(12-7-11-19-64-20-22-74-23-21-64)60-45(69)41-28-35(55)30-66(41)49(73)50(51(56,57)58)16-8-5-9-17-50/h14-15,25,31,34-35,37-42H,5-13,16-24,26-30H2,1-4H3,(H,59,67)(H,60,69)(H,61,68)/t34-,35-,37+,38+,39+,40-,41+,42+/m1/s1. The summed E-state index contributed by atoms with van der Waals surface area (Å²) in [5.41, 5.74) is -2.39. The zero-order valence-corrected chi connectivity index (χ0v) is 44.4. The molecule has 1 aromatic carbocycles. The Hall–Kier alpha value is -4.34. The van der Waals surface area contributed by atoms with Gasteiger partial charge in [-0.1, -0.05) is 56.3 Å². The van der Waals surface area contributed by atoms with Crippen LogP contribution in [0.2, 0.25) is 10.0 Å². The number of fused-ring (bicyclic) bond motifs is 1. The van der Waals surface area contributed by atoms with Crippen molar-refractivity contribution < 1.29 is 60.3 Å². The predicted molar refractivity (Wildman–Crippen MR) is 266 cm³/mol. The number of benzene rings is 1. The van der Waals surface area contributed by atoms with Gasteiger partial charge in [0, 0.05) is 63.0 Å². The summed E-state index contributed by atoms with van der Waals surface area (Å²) >= 11 is 12.9. The SMILES string of the molecule is CC(C)C[C@@H]1NC(=O)[C@@H](N(C)C(=O)[C@H](CCCCN2CCOCC2)NC(=O)[C@@H]2C[C@@H](F)CN2C(=O)C2(C(F)(F)F)CCCCC2)CCCCNC(=O)[C@H]2C[C@@H](F)CN2C(=O)[C@H](Cc2cc(Cl)ccc2Cl)N(C)C1=O. The molecule has 5 fully saturated rings. The lowest BCUT2D eigenvalue weighted by Crippen LogP contribution is -2.61. The van der Waals surface area contributed by atoms with Crippen molar-refractivity contribution in [3.8, 4) is 0 Å². The number of carbonyl (C=O) groups excluding carboxylic acids is 7. The molecule has 23 heteroatoms. The summed E-state index contributed by atoms with van der Waals surface area (Å²) in [6.45, 7) is 5.70. The van der Waals surface area contributed by atoms with Crippen LogP contribution in [-0.2, 0) is 44.7 Å². The Balaban J connectivity index is 1.30. The average molecular weight is 1090 g/mol. The maximum atomic E-state index is 15.3. The Kier molecular flexibility index (Phi) is 20.8. The van der Waals surface area contributed by atoms with Gasteiger partial charge in [-0.05, 0) is 94.0 Å². The average Bonchev–Trinajstić information content (AvgIpc) is 3.96. The van der Waals surface area contributed by atoms with Gasteiger partial charge in [0.15, 0.2) is 0 Å². The van der Waals surface area contributed by atoms with Crippen molar-refractivity contribution in [2.45, 2.75) is 165 Å². The number of nitrogens with zero attached hydrogens (tertiary/aromatic N) is 5. The van der Waals surface area contributed by atoms with Crippen molar-refractivity contribution in [1.82, 2.24) is 40.4 Å². The molecule has 5 aliphatic rings. The molecule has 0 radical (unpaired) electrons. The fourth-order valence-electron chi connectivity index (χ4n) is 11.2. The van der Waals surface area contributed by atoms with E-state index in [0.717, 1.165) is 14.7 Å². The second-order valence-corrected chi connectivity index (χ2v) is 22.0. The van der Waals surface area contributed by atoms with E-state index >= 15 is 8.78 Å². The molecule has 1 aliphatic carbocycles. The minimum Gasteiger partial charge on any atom is -0.379 e. The Morgan fingerprint density at radius 2 is 1.61 bits per heavy atom. The normalized spacial score (nSPS) is 27.4. The van der Waals surface area contributed by atoms with E-state index in [2.05, 4.69) is 20.9 Å². The van der Waals surface area contributed by atoms with E-state index in [1.54, 1.807) is 6.07 Å². The van der Waals surface area contributed by atoms with E-state index in [1.165, 1.54) is 26.2 Å². The highest BCUT2D eigenvalue weighted by Crippen LogP contribution is 2.51. The van der Waals surface area contributed by atoms with Crippen LogP contribution >= 0.6 is 23.2 Å².